The lowest BCUT2D eigenvalue weighted by atomic mass is 10.0. The molecule has 0 unspecified atom stereocenters. The summed E-state index contributed by atoms with van der Waals surface area (Å²) in [5, 5.41) is 0.767. The first-order chi connectivity index (χ1) is 6.52. The van der Waals surface area contributed by atoms with Crippen LogP contribution in [0.25, 0.3) is 0 Å². The van der Waals surface area contributed by atoms with Gasteiger partial charge in [-0.05, 0) is 24.8 Å². The van der Waals surface area contributed by atoms with Crippen LogP contribution >= 0.6 is 11.6 Å². The van der Waals surface area contributed by atoms with E-state index in [4.69, 9.17) is 16.3 Å². The van der Waals surface area contributed by atoms with Crippen LogP contribution in [0.5, 0.6) is 0 Å². The lowest BCUT2D eigenvalue weighted by Gasteiger charge is -2.10. The number of hydrogen-bond acceptors (Lipinski definition) is 1. The van der Waals surface area contributed by atoms with E-state index >= 15 is 0 Å². The van der Waals surface area contributed by atoms with Gasteiger partial charge in [-0.15, -0.1) is 0 Å². The fourth-order valence-corrected chi connectivity index (χ4v) is 1.49. The highest BCUT2D eigenvalue weighted by atomic mass is 35.5. The van der Waals surface area contributed by atoms with Gasteiger partial charge >= 0.3 is 0 Å². The molecule has 82 valence electrons. The number of hydrogen-bond donors (Lipinski definition) is 0. The SMILES string of the molecule is CCCC(=C/C(C)C)/C(Cl)=C(\C)OC. The summed E-state index contributed by atoms with van der Waals surface area (Å²) in [4.78, 5) is 0. The van der Waals surface area contributed by atoms with Crippen molar-refractivity contribution >= 4 is 11.6 Å². The van der Waals surface area contributed by atoms with Crippen LogP contribution in [0.15, 0.2) is 22.4 Å². The van der Waals surface area contributed by atoms with E-state index < -0.39 is 0 Å². The molecule has 0 amide bonds. The summed E-state index contributed by atoms with van der Waals surface area (Å²) in [6.07, 6.45) is 4.32. The Bertz CT molecular complexity index is 226. The van der Waals surface area contributed by atoms with Crippen molar-refractivity contribution < 1.29 is 4.74 Å². The standard InChI is InChI=1S/C12H21ClO/c1-6-7-11(8-9(2)3)12(13)10(4)14-5/h8-9H,6-7H2,1-5H3/b11-8-,12-10-. The second-order valence-corrected chi connectivity index (χ2v) is 4.14. The Labute approximate surface area is 92.8 Å². The predicted octanol–water partition coefficient (Wildman–Crippen LogP) is 4.49. The van der Waals surface area contributed by atoms with Gasteiger partial charge in [0.1, 0.15) is 5.76 Å². The molecule has 0 saturated heterocycles. The Morgan fingerprint density at radius 1 is 1.43 bits per heavy atom. The van der Waals surface area contributed by atoms with E-state index in [9.17, 15) is 0 Å². The molecule has 0 heterocycles. The molecule has 0 atom stereocenters. The zero-order chi connectivity index (χ0) is 11.1. The van der Waals surface area contributed by atoms with Crippen LogP contribution in [-0.4, -0.2) is 7.11 Å². The summed E-state index contributed by atoms with van der Waals surface area (Å²) in [6.45, 7) is 8.36. The van der Waals surface area contributed by atoms with Crippen LogP contribution in [0.4, 0.5) is 0 Å². The van der Waals surface area contributed by atoms with Crippen molar-refractivity contribution in [2.24, 2.45) is 5.92 Å². The average Bonchev–Trinajstić information content (AvgIpc) is 2.14. The maximum atomic E-state index is 6.21. The molecule has 0 aromatic heterocycles. The minimum atomic E-state index is 0.523. The Kier molecular flexibility index (Phi) is 6.73. The quantitative estimate of drug-likeness (QED) is 0.486. The third kappa shape index (κ3) is 4.71. The fourth-order valence-electron chi connectivity index (χ4n) is 1.25. The first-order valence-electron chi connectivity index (χ1n) is 5.14. The number of rotatable bonds is 5. The molecule has 0 saturated carbocycles. The molecule has 0 aliphatic rings. The van der Waals surface area contributed by atoms with Crippen LogP contribution in [0.2, 0.25) is 0 Å². The van der Waals surface area contributed by atoms with Gasteiger partial charge in [-0.1, -0.05) is 44.9 Å². The largest absolute Gasteiger partial charge is 0.500 e. The Morgan fingerprint density at radius 2 is 2.00 bits per heavy atom. The molecule has 0 spiro atoms. The summed E-state index contributed by atoms with van der Waals surface area (Å²) < 4.78 is 5.13. The zero-order valence-corrected chi connectivity index (χ0v) is 10.6. The molecule has 0 radical (unpaired) electrons. The van der Waals surface area contributed by atoms with Crippen LogP contribution < -0.4 is 0 Å². The van der Waals surface area contributed by atoms with E-state index in [1.165, 1.54) is 5.57 Å². The summed E-state index contributed by atoms with van der Waals surface area (Å²) in [5.74, 6) is 1.32. The van der Waals surface area contributed by atoms with E-state index in [0.29, 0.717) is 5.92 Å². The van der Waals surface area contributed by atoms with Crippen molar-refractivity contribution in [2.75, 3.05) is 7.11 Å². The molecule has 0 aliphatic carbocycles. The molecule has 14 heavy (non-hydrogen) atoms. The second-order valence-electron chi connectivity index (χ2n) is 3.76. The monoisotopic (exact) mass is 216 g/mol. The highest BCUT2D eigenvalue weighted by Gasteiger charge is 2.06. The van der Waals surface area contributed by atoms with Gasteiger partial charge in [0.2, 0.25) is 0 Å². The smallest absolute Gasteiger partial charge is 0.111 e. The Morgan fingerprint density at radius 3 is 2.36 bits per heavy atom. The fraction of sp³-hybridized carbons (Fsp3) is 0.667. The topological polar surface area (TPSA) is 9.23 Å². The van der Waals surface area contributed by atoms with E-state index in [2.05, 4.69) is 26.8 Å². The van der Waals surface area contributed by atoms with Crippen molar-refractivity contribution in [1.82, 2.24) is 0 Å². The highest BCUT2D eigenvalue weighted by molar-refractivity contribution is 6.32. The van der Waals surface area contributed by atoms with E-state index in [-0.39, 0.29) is 0 Å². The molecule has 0 N–H and O–H groups in total. The van der Waals surface area contributed by atoms with Crippen molar-refractivity contribution in [3.63, 3.8) is 0 Å². The molecule has 0 aliphatic heterocycles. The summed E-state index contributed by atoms with van der Waals surface area (Å²) in [5.41, 5.74) is 1.20. The third-order valence-electron chi connectivity index (χ3n) is 1.95. The maximum Gasteiger partial charge on any atom is 0.111 e. The maximum absolute atomic E-state index is 6.21. The molecule has 1 nitrogen and oxygen atoms in total. The number of ether oxygens (including phenoxy) is 1. The van der Waals surface area contributed by atoms with Crippen LogP contribution in [0, 0.1) is 5.92 Å². The molecule has 0 aromatic rings. The van der Waals surface area contributed by atoms with Gasteiger partial charge in [-0.25, -0.2) is 0 Å². The summed E-state index contributed by atoms with van der Waals surface area (Å²) >= 11 is 6.21. The lowest BCUT2D eigenvalue weighted by Crippen LogP contribution is -1.93. The number of halogens is 1. The Balaban J connectivity index is 4.83. The third-order valence-corrected chi connectivity index (χ3v) is 2.46. The van der Waals surface area contributed by atoms with Crippen molar-refractivity contribution in [1.29, 1.82) is 0 Å². The van der Waals surface area contributed by atoms with Crippen molar-refractivity contribution in [3.05, 3.63) is 22.4 Å². The molecule has 0 rings (SSSR count). The van der Waals surface area contributed by atoms with Gasteiger partial charge in [-0.3, -0.25) is 0 Å². The van der Waals surface area contributed by atoms with Gasteiger partial charge in [0.25, 0.3) is 0 Å². The molecular formula is C12H21ClO. The summed E-state index contributed by atoms with van der Waals surface area (Å²) in [6, 6.07) is 0. The predicted molar refractivity (Wildman–Crippen MR) is 63.4 cm³/mol. The van der Waals surface area contributed by atoms with E-state index in [0.717, 1.165) is 23.6 Å². The van der Waals surface area contributed by atoms with E-state index in [1.807, 2.05) is 6.92 Å². The zero-order valence-electron chi connectivity index (χ0n) is 9.86. The van der Waals surface area contributed by atoms with Crippen molar-refractivity contribution in [2.45, 2.75) is 40.5 Å². The van der Waals surface area contributed by atoms with Gasteiger partial charge in [-0.2, -0.15) is 0 Å². The first kappa shape index (κ1) is 13.6. The minimum absolute atomic E-state index is 0.523. The number of methoxy groups -OCH3 is 1. The van der Waals surface area contributed by atoms with Crippen LogP contribution in [0.1, 0.15) is 40.5 Å². The number of allylic oxidation sites excluding steroid dienone is 4. The normalized spacial score (nSPS) is 14.4. The van der Waals surface area contributed by atoms with E-state index in [1.54, 1.807) is 7.11 Å². The summed E-state index contributed by atoms with van der Waals surface area (Å²) in [7, 11) is 1.65. The van der Waals surface area contributed by atoms with Gasteiger partial charge < -0.3 is 4.74 Å². The average molecular weight is 217 g/mol. The molecule has 0 bridgehead atoms. The van der Waals surface area contributed by atoms with Gasteiger partial charge in [0.15, 0.2) is 0 Å². The molecular weight excluding hydrogens is 196 g/mol. The molecule has 0 fully saturated rings. The lowest BCUT2D eigenvalue weighted by molar-refractivity contribution is 0.292. The molecule has 0 aromatic carbocycles. The first-order valence-corrected chi connectivity index (χ1v) is 5.52. The highest BCUT2D eigenvalue weighted by Crippen LogP contribution is 2.25. The molecule has 2 heteroatoms. The van der Waals surface area contributed by atoms with Gasteiger partial charge in [0, 0.05) is 0 Å². The second kappa shape index (κ2) is 6.94. The van der Waals surface area contributed by atoms with Crippen LogP contribution in [-0.2, 0) is 4.74 Å². The van der Waals surface area contributed by atoms with Crippen molar-refractivity contribution in [3.8, 4) is 0 Å². The van der Waals surface area contributed by atoms with Gasteiger partial charge in [0.05, 0.1) is 12.1 Å². The Hall–Kier alpha value is -0.430. The minimum Gasteiger partial charge on any atom is -0.500 e. The van der Waals surface area contributed by atoms with Crippen LogP contribution in [0.3, 0.4) is 0 Å².